The molecule has 0 saturated carbocycles. The first kappa shape index (κ1) is 25.4. The van der Waals surface area contributed by atoms with Crippen LogP contribution in [0.1, 0.15) is 11.3 Å². The Bertz CT molecular complexity index is 1580. The number of halogens is 1. The number of hydrogen-bond donors (Lipinski definition) is 3. The molecule has 10 nitrogen and oxygen atoms in total. The van der Waals surface area contributed by atoms with Gasteiger partial charge < -0.3 is 5.32 Å². The van der Waals surface area contributed by atoms with E-state index in [0.29, 0.717) is 16.4 Å². The minimum atomic E-state index is -4.24. The Morgan fingerprint density at radius 1 is 0.919 bits per heavy atom. The van der Waals surface area contributed by atoms with E-state index < -0.39 is 22.0 Å². The fourth-order valence-electron chi connectivity index (χ4n) is 3.38. The van der Waals surface area contributed by atoms with E-state index in [9.17, 15) is 23.3 Å². The normalized spacial score (nSPS) is 10.8. The van der Waals surface area contributed by atoms with Crippen molar-refractivity contribution >= 4 is 45.1 Å². The molecule has 12 heteroatoms. The van der Waals surface area contributed by atoms with Gasteiger partial charge in [-0.2, -0.15) is 10.4 Å². The fraction of sp³-hybridized carbons (Fsp3) is 0.0400. The summed E-state index contributed by atoms with van der Waals surface area (Å²) in [6.45, 7) is 0. The Hall–Kier alpha value is -4.66. The first-order valence-corrected chi connectivity index (χ1v) is 12.6. The summed E-state index contributed by atoms with van der Waals surface area (Å²) in [7, 11) is -4.24. The van der Waals surface area contributed by atoms with Crippen molar-refractivity contribution in [2.24, 2.45) is 0 Å². The monoisotopic (exact) mass is 534 g/mol. The molecular weight excluding hydrogens is 516 g/mol. The largest absolute Gasteiger partial charge is 0.334 e. The highest BCUT2D eigenvalue weighted by molar-refractivity contribution is 7.90. The predicted molar refractivity (Wildman–Crippen MR) is 138 cm³/mol. The van der Waals surface area contributed by atoms with E-state index in [1.165, 1.54) is 28.9 Å². The van der Waals surface area contributed by atoms with Crippen LogP contribution >= 0.6 is 11.6 Å². The van der Waals surface area contributed by atoms with Crippen molar-refractivity contribution in [1.82, 2.24) is 14.5 Å². The summed E-state index contributed by atoms with van der Waals surface area (Å²) in [5.74, 6) is -0.526. The van der Waals surface area contributed by atoms with E-state index >= 15 is 0 Å². The molecule has 0 fully saturated rings. The molecule has 186 valence electrons. The highest BCUT2D eigenvalue weighted by Crippen LogP contribution is 2.24. The standard InChI is InChI=1S/C25H19ClN6O4S/c26-17-11-13-20(14-12-17)37(35,36)31-25(34)29-24-21(16-27)22(30-32(24)19-9-5-2-6-10-19)15-23(33)28-18-7-3-1-4-8-18/h1-14H,15H2,(H,28,33)(H2,29,31,34). The SMILES string of the molecule is N#Cc1c(CC(=O)Nc2ccccc2)nn(-c2ccccc2)c1NC(=O)NS(=O)(=O)c1ccc(Cl)cc1. The van der Waals surface area contributed by atoms with Gasteiger partial charge in [-0.05, 0) is 48.5 Å². The summed E-state index contributed by atoms with van der Waals surface area (Å²) in [6, 6.07) is 23.4. The highest BCUT2D eigenvalue weighted by Gasteiger charge is 2.25. The molecular formula is C25H19ClN6O4S. The molecule has 0 radical (unpaired) electrons. The van der Waals surface area contributed by atoms with Crippen molar-refractivity contribution in [3.63, 3.8) is 0 Å². The molecule has 0 saturated heterocycles. The molecule has 3 N–H and O–H groups in total. The average molecular weight is 535 g/mol. The van der Waals surface area contributed by atoms with Gasteiger partial charge in [-0.3, -0.25) is 10.1 Å². The molecule has 3 aromatic carbocycles. The van der Waals surface area contributed by atoms with Crippen molar-refractivity contribution < 1.29 is 18.0 Å². The third-order valence-electron chi connectivity index (χ3n) is 5.04. The summed E-state index contributed by atoms with van der Waals surface area (Å²) in [6.07, 6.45) is -0.267. The zero-order valence-corrected chi connectivity index (χ0v) is 20.6. The lowest BCUT2D eigenvalue weighted by molar-refractivity contribution is -0.115. The van der Waals surface area contributed by atoms with E-state index in [-0.39, 0.29) is 28.4 Å². The van der Waals surface area contributed by atoms with E-state index in [1.54, 1.807) is 60.7 Å². The van der Waals surface area contributed by atoms with E-state index in [2.05, 4.69) is 15.7 Å². The van der Waals surface area contributed by atoms with Crippen LogP contribution < -0.4 is 15.4 Å². The number of nitrogens with zero attached hydrogens (tertiary/aromatic N) is 3. The number of sulfonamides is 1. The number of aromatic nitrogens is 2. The van der Waals surface area contributed by atoms with Crippen LogP contribution in [-0.4, -0.2) is 30.1 Å². The average Bonchev–Trinajstić information content (AvgIpc) is 3.21. The second-order valence-corrected chi connectivity index (χ2v) is 9.75. The second-order valence-electron chi connectivity index (χ2n) is 7.63. The predicted octanol–water partition coefficient (Wildman–Crippen LogP) is 4.09. The molecule has 0 unspecified atom stereocenters. The number of nitriles is 1. The van der Waals surface area contributed by atoms with Crippen LogP contribution in [-0.2, 0) is 21.2 Å². The van der Waals surface area contributed by atoms with Gasteiger partial charge in [0, 0.05) is 10.7 Å². The summed E-state index contributed by atoms with van der Waals surface area (Å²) < 4.78 is 28.4. The molecule has 0 aliphatic heterocycles. The van der Waals surface area contributed by atoms with Gasteiger partial charge in [0.1, 0.15) is 11.6 Å². The Morgan fingerprint density at radius 3 is 2.16 bits per heavy atom. The van der Waals surface area contributed by atoms with E-state index in [0.717, 1.165) is 0 Å². The number of rotatable bonds is 7. The van der Waals surface area contributed by atoms with Crippen LogP contribution in [0.5, 0.6) is 0 Å². The van der Waals surface area contributed by atoms with Gasteiger partial charge >= 0.3 is 6.03 Å². The molecule has 4 rings (SSSR count). The third-order valence-corrected chi connectivity index (χ3v) is 6.64. The van der Waals surface area contributed by atoms with Gasteiger partial charge in [0.05, 0.1) is 22.7 Å². The van der Waals surface area contributed by atoms with Crippen molar-refractivity contribution in [2.75, 3.05) is 10.6 Å². The van der Waals surface area contributed by atoms with Crippen LogP contribution in [0.15, 0.2) is 89.8 Å². The highest BCUT2D eigenvalue weighted by atomic mass is 35.5. The molecule has 3 amide bonds. The van der Waals surface area contributed by atoms with Crippen LogP contribution in [0.3, 0.4) is 0 Å². The molecule has 4 aromatic rings. The van der Waals surface area contributed by atoms with Crippen molar-refractivity contribution in [2.45, 2.75) is 11.3 Å². The Kier molecular flexibility index (Phi) is 7.52. The first-order valence-electron chi connectivity index (χ1n) is 10.8. The fourth-order valence-corrected chi connectivity index (χ4v) is 4.42. The number of benzene rings is 3. The van der Waals surface area contributed by atoms with Crippen LogP contribution in [0.4, 0.5) is 16.3 Å². The number of anilines is 2. The minimum Gasteiger partial charge on any atom is -0.326 e. The maximum atomic E-state index is 12.7. The van der Waals surface area contributed by atoms with Crippen molar-refractivity contribution in [1.29, 1.82) is 5.26 Å². The second kappa shape index (κ2) is 10.9. The van der Waals surface area contributed by atoms with Gasteiger partial charge in [-0.1, -0.05) is 48.0 Å². The van der Waals surface area contributed by atoms with Crippen LogP contribution in [0, 0.1) is 11.3 Å². The Morgan fingerprint density at radius 2 is 1.54 bits per heavy atom. The zero-order valence-electron chi connectivity index (χ0n) is 19.1. The molecule has 0 aliphatic carbocycles. The number of nitrogens with one attached hydrogen (secondary N) is 3. The smallest absolute Gasteiger partial charge is 0.326 e. The summed E-state index contributed by atoms with van der Waals surface area (Å²) in [5.41, 5.74) is 1.05. The van der Waals surface area contributed by atoms with E-state index in [4.69, 9.17) is 11.6 Å². The summed E-state index contributed by atoms with van der Waals surface area (Å²) >= 11 is 5.80. The number of carbonyl (C=O) groups excluding carboxylic acids is 2. The maximum Gasteiger partial charge on any atom is 0.334 e. The molecule has 0 spiro atoms. The van der Waals surface area contributed by atoms with E-state index in [1.807, 2.05) is 10.8 Å². The Balaban J connectivity index is 1.63. The van der Waals surface area contributed by atoms with Gasteiger partial charge in [-0.15, -0.1) is 0 Å². The molecule has 37 heavy (non-hydrogen) atoms. The van der Waals surface area contributed by atoms with Gasteiger partial charge in [0.2, 0.25) is 5.91 Å². The number of hydrogen-bond acceptors (Lipinski definition) is 6. The van der Waals surface area contributed by atoms with Crippen LogP contribution in [0.25, 0.3) is 5.69 Å². The van der Waals surface area contributed by atoms with Gasteiger partial charge in [-0.25, -0.2) is 22.6 Å². The number of urea groups is 1. The molecule has 1 heterocycles. The number of para-hydroxylation sites is 2. The number of carbonyl (C=O) groups is 2. The molecule has 1 aromatic heterocycles. The minimum absolute atomic E-state index is 0.0916. The molecule has 0 aliphatic rings. The maximum absolute atomic E-state index is 12.7. The lowest BCUT2D eigenvalue weighted by Gasteiger charge is -2.11. The number of amides is 3. The molecule has 0 atom stereocenters. The quantitative estimate of drug-likeness (QED) is 0.325. The molecule has 0 bridgehead atoms. The Labute approximate surface area is 217 Å². The first-order chi connectivity index (χ1) is 17.8. The van der Waals surface area contributed by atoms with Gasteiger partial charge in [0.15, 0.2) is 5.82 Å². The summed E-state index contributed by atoms with van der Waals surface area (Å²) in [5, 5.41) is 19.7. The van der Waals surface area contributed by atoms with Crippen molar-refractivity contribution in [3.05, 3.63) is 101 Å². The topological polar surface area (TPSA) is 146 Å². The van der Waals surface area contributed by atoms with Crippen molar-refractivity contribution in [3.8, 4) is 11.8 Å². The zero-order chi connectivity index (χ0) is 26.4. The van der Waals surface area contributed by atoms with Gasteiger partial charge in [0.25, 0.3) is 10.0 Å². The summed E-state index contributed by atoms with van der Waals surface area (Å²) in [4.78, 5) is 25.2. The third kappa shape index (κ3) is 6.13. The lowest BCUT2D eigenvalue weighted by atomic mass is 10.2. The van der Waals surface area contributed by atoms with Crippen LogP contribution in [0.2, 0.25) is 5.02 Å². The lowest BCUT2D eigenvalue weighted by Crippen LogP contribution is -2.35.